The van der Waals surface area contributed by atoms with Gasteiger partial charge in [-0.2, -0.15) is 0 Å². The van der Waals surface area contributed by atoms with Gasteiger partial charge in [0.1, 0.15) is 0 Å². The third kappa shape index (κ3) is 4.70. The fraction of sp³-hybridized carbons (Fsp3) is 0.278. The highest BCUT2D eigenvalue weighted by Gasteiger charge is 2.22. The van der Waals surface area contributed by atoms with Crippen molar-refractivity contribution in [1.29, 1.82) is 0 Å². The summed E-state index contributed by atoms with van der Waals surface area (Å²) in [6.45, 7) is 0.778. The first-order chi connectivity index (χ1) is 12.3. The molecule has 0 aliphatic carbocycles. The first kappa shape index (κ1) is 20.6. The van der Waals surface area contributed by atoms with E-state index in [-0.39, 0.29) is 16.4 Å². The van der Waals surface area contributed by atoms with Crippen molar-refractivity contribution in [3.63, 3.8) is 0 Å². The van der Waals surface area contributed by atoms with E-state index in [1.807, 2.05) is 24.3 Å². The van der Waals surface area contributed by atoms with Crippen LogP contribution in [0.15, 0.2) is 51.8 Å². The summed E-state index contributed by atoms with van der Waals surface area (Å²) in [7, 11) is 0.852. The van der Waals surface area contributed by atoms with E-state index in [4.69, 9.17) is 4.74 Å². The predicted octanol–water partition coefficient (Wildman–Crippen LogP) is 2.78. The van der Waals surface area contributed by atoms with Crippen LogP contribution in [-0.4, -0.2) is 39.8 Å². The number of nitrogens with one attached hydrogen (secondary N) is 1. The lowest BCUT2D eigenvalue weighted by molar-refractivity contribution is 0.0950. The van der Waals surface area contributed by atoms with Crippen molar-refractivity contribution in [2.75, 3.05) is 21.2 Å². The van der Waals surface area contributed by atoms with Gasteiger partial charge in [-0.1, -0.05) is 24.3 Å². The minimum absolute atomic E-state index is 0.0509. The highest BCUT2D eigenvalue weighted by atomic mass is 79.9. The summed E-state index contributed by atoms with van der Waals surface area (Å²) in [5.41, 5.74) is 2.21. The Bertz CT molecular complexity index is 898. The number of benzene rings is 2. The van der Waals surface area contributed by atoms with Crippen LogP contribution in [-0.2, 0) is 27.9 Å². The second-order valence-corrected chi connectivity index (χ2v) is 8.79. The van der Waals surface area contributed by atoms with Crippen LogP contribution in [0.25, 0.3) is 0 Å². The molecule has 2 rings (SSSR count). The Balaban J connectivity index is 2.21. The molecule has 0 unspecified atom stereocenters. The molecular weight excluding hydrogens is 420 g/mol. The number of carbonyl (C=O) groups is 1. The molecule has 0 bridgehead atoms. The zero-order valence-corrected chi connectivity index (χ0v) is 17.2. The summed E-state index contributed by atoms with van der Waals surface area (Å²) in [5, 5.41) is 2.82. The van der Waals surface area contributed by atoms with E-state index in [0.717, 1.165) is 15.4 Å². The maximum absolute atomic E-state index is 12.5. The maximum Gasteiger partial charge on any atom is 0.251 e. The minimum Gasteiger partial charge on any atom is -0.380 e. The quantitative estimate of drug-likeness (QED) is 0.717. The van der Waals surface area contributed by atoms with Gasteiger partial charge >= 0.3 is 0 Å². The van der Waals surface area contributed by atoms with Crippen molar-refractivity contribution in [2.24, 2.45) is 0 Å². The first-order valence-electron chi connectivity index (χ1n) is 7.83. The van der Waals surface area contributed by atoms with Gasteiger partial charge in [0, 0.05) is 37.8 Å². The topological polar surface area (TPSA) is 75.7 Å². The summed E-state index contributed by atoms with van der Waals surface area (Å²) in [6.07, 6.45) is 0. The van der Waals surface area contributed by atoms with Gasteiger partial charge in [-0.05, 0) is 45.3 Å². The summed E-state index contributed by atoms with van der Waals surface area (Å²) < 4.78 is 31.4. The summed E-state index contributed by atoms with van der Waals surface area (Å²) >= 11 is 3.23. The molecule has 8 heteroatoms. The average molecular weight is 441 g/mol. The molecule has 140 valence electrons. The van der Waals surface area contributed by atoms with Crippen LogP contribution in [0.1, 0.15) is 21.5 Å². The summed E-state index contributed by atoms with van der Waals surface area (Å²) in [4.78, 5) is 12.5. The molecule has 1 amide bonds. The summed E-state index contributed by atoms with van der Waals surface area (Å²) in [5.74, 6) is -0.347. The van der Waals surface area contributed by atoms with Gasteiger partial charge in [0.25, 0.3) is 5.91 Å². The van der Waals surface area contributed by atoms with E-state index in [0.29, 0.717) is 17.6 Å². The number of carbonyl (C=O) groups excluding carboxylic acids is 1. The molecule has 0 aromatic heterocycles. The van der Waals surface area contributed by atoms with Crippen LogP contribution in [0.2, 0.25) is 0 Å². The Hall–Kier alpha value is -1.74. The van der Waals surface area contributed by atoms with Gasteiger partial charge in [-0.25, -0.2) is 12.7 Å². The van der Waals surface area contributed by atoms with Gasteiger partial charge in [0.2, 0.25) is 10.0 Å². The monoisotopic (exact) mass is 440 g/mol. The number of methoxy groups -OCH3 is 1. The standard InChI is InChI=1S/C18H21BrN2O4S/c1-21(2)26(23,24)17-10-13(8-9-16(17)19)18(22)20-11-14-6-4-5-7-15(14)12-25-3/h4-10H,11-12H2,1-3H3,(H,20,22). The lowest BCUT2D eigenvalue weighted by atomic mass is 10.1. The molecule has 0 saturated carbocycles. The van der Waals surface area contributed by atoms with Crippen molar-refractivity contribution < 1.29 is 17.9 Å². The molecule has 1 N–H and O–H groups in total. The van der Waals surface area contributed by atoms with Gasteiger partial charge in [-0.15, -0.1) is 0 Å². The van der Waals surface area contributed by atoms with Crippen molar-refractivity contribution in [2.45, 2.75) is 18.0 Å². The maximum atomic E-state index is 12.5. The van der Waals surface area contributed by atoms with Crippen molar-refractivity contribution in [3.05, 3.63) is 63.6 Å². The Morgan fingerprint density at radius 3 is 2.42 bits per heavy atom. The molecule has 0 spiro atoms. The second-order valence-electron chi connectivity index (χ2n) is 5.82. The van der Waals surface area contributed by atoms with E-state index in [1.54, 1.807) is 19.2 Å². The van der Waals surface area contributed by atoms with E-state index in [9.17, 15) is 13.2 Å². The second kappa shape index (κ2) is 8.77. The van der Waals surface area contributed by atoms with Crippen LogP contribution >= 0.6 is 15.9 Å². The SMILES string of the molecule is COCc1ccccc1CNC(=O)c1ccc(Br)c(S(=O)(=O)N(C)C)c1. The zero-order chi connectivity index (χ0) is 19.3. The fourth-order valence-corrected chi connectivity index (χ4v) is 4.19. The third-order valence-electron chi connectivity index (χ3n) is 3.81. The number of hydrogen-bond acceptors (Lipinski definition) is 4. The molecule has 0 radical (unpaired) electrons. The lowest BCUT2D eigenvalue weighted by Crippen LogP contribution is -2.25. The molecule has 0 atom stereocenters. The Kier molecular flexibility index (Phi) is 6.94. The number of amides is 1. The van der Waals surface area contributed by atoms with Gasteiger partial charge < -0.3 is 10.1 Å². The molecule has 2 aromatic carbocycles. The van der Waals surface area contributed by atoms with Crippen molar-refractivity contribution >= 4 is 31.9 Å². The van der Waals surface area contributed by atoms with E-state index >= 15 is 0 Å². The average Bonchev–Trinajstić information content (AvgIpc) is 2.61. The Morgan fingerprint density at radius 2 is 1.81 bits per heavy atom. The molecule has 0 heterocycles. The van der Waals surface area contributed by atoms with Crippen LogP contribution in [0, 0.1) is 0 Å². The smallest absolute Gasteiger partial charge is 0.251 e. The predicted molar refractivity (Wildman–Crippen MR) is 103 cm³/mol. The molecule has 0 aliphatic rings. The number of rotatable bonds is 7. The van der Waals surface area contributed by atoms with Gasteiger partial charge in [0.05, 0.1) is 11.5 Å². The van der Waals surface area contributed by atoms with E-state index in [2.05, 4.69) is 21.2 Å². The molecular formula is C18H21BrN2O4S. The highest BCUT2D eigenvalue weighted by Crippen LogP contribution is 2.25. The molecule has 26 heavy (non-hydrogen) atoms. The van der Waals surface area contributed by atoms with Crippen LogP contribution in [0.3, 0.4) is 0 Å². The zero-order valence-electron chi connectivity index (χ0n) is 14.8. The van der Waals surface area contributed by atoms with Crippen molar-refractivity contribution in [3.8, 4) is 0 Å². The number of halogens is 1. The third-order valence-corrected chi connectivity index (χ3v) is 6.62. The number of nitrogens with zero attached hydrogens (tertiary/aromatic N) is 1. The summed E-state index contributed by atoms with van der Waals surface area (Å²) in [6, 6.07) is 12.2. The molecule has 0 aliphatic heterocycles. The number of hydrogen-bond donors (Lipinski definition) is 1. The Labute approximate surface area is 162 Å². The van der Waals surface area contributed by atoms with Crippen LogP contribution < -0.4 is 5.32 Å². The van der Waals surface area contributed by atoms with E-state index < -0.39 is 10.0 Å². The lowest BCUT2D eigenvalue weighted by Gasteiger charge is -2.14. The largest absolute Gasteiger partial charge is 0.380 e. The normalized spacial score (nSPS) is 11.6. The number of ether oxygens (including phenoxy) is 1. The minimum atomic E-state index is -3.65. The van der Waals surface area contributed by atoms with Crippen LogP contribution in [0.4, 0.5) is 0 Å². The first-order valence-corrected chi connectivity index (χ1v) is 10.1. The van der Waals surface area contributed by atoms with E-state index in [1.165, 1.54) is 20.2 Å². The van der Waals surface area contributed by atoms with Gasteiger partial charge in [-0.3, -0.25) is 4.79 Å². The molecule has 0 saturated heterocycles. The Morgan fingerprint density at radius 1 is 1.15 bits per heavy atom. The molecule has 2 aromatic rings. The molecule has 0 fully saturated rings. The van der Waals surface area contributed by atoms with Crippen LogP contribution in [0.5, 0.6) is 0 Å². The van der Waals surface area contributed by atoms with Crippen molar-refractivity contribution in [1.82, 2.24) is 9.62 Å². The highest BCUT2D eigenvalue weighted by molar-refractivity contribution is 9.10. The molecule has 6 nitrogen and oxygen atoms in total. The fourth-order valence-electron chi connectivity index (χ4n) is 2.34. The number of sulfonamides is 1. The van der Waals surface area contributed by atoms with Gasteiger partial charge in [0.15, 0.2) is 0 Å².